The summed E-state index contributed by atoms with van der Waals surface area (Å²) in [5.41, 5.74) is -0.291. The molecule has 0 N–H and O–H groups in total. The van der Waals surface area contributed by atoms with Gasteiger partial charge in [0.25, 0.3) is 5.69 Å². The summed E-state index contributed by atoms with van der Waals surface area (Å²) in [7, 11) is -3.41. The fourth-order valence-electron chi connectivity index (χ4n) is 2.70. The summed E-state index contributed by atoms with van der Waals surface area (Å²) in [5, 5.41) is 11.3. The van der Waals surface area contributed by atoms with E-state index in [1.54, 1.807) is 0 Å². The second-order valence-electron chi connectivity index (χ2n) is 5.35. The third kappa shape index (κ3) is 3.20. The van der Waals surface area contributed by atoms with Crippen LogP contribution in [0, 0.1) is 15.5 Å². The Labute approximate surface area is 126 Å². The van der Waals surface area contributed by atoms with Gasteiger partial charge in [-0.05, 0) is 30.4 Å². The Kier molecular flexibility index (Phi) is 4.49. The Bertz CT molecular complexity index is 591. The Morgan fingerprint density at radius 3 is 2.20 bits per heavy atom. The lowest BCUT2D eigenvalue weighted by Crippen LogP contribution is -2.29. The van der Waals surface area contributed by atoms with Crippen LogP contribution in [-0.2, 0) is 9.84 Å². The molecule has 0 amide bonds. The summed E-state index contributed by atoms with van der Waals surface area (Å²) in [5.74, 6) is 0.100. The zero-order chi connectivity index (χ0) is 14.8. The summed E-state index contributed by atoms with van der Waals surface area (Å²) < 4.78 is 24.9. The molecule has 0 atom stereocenters. The van der Waals surface area contributed by atoms with Crippen LogP contribution in [0.1, 0.15) is 25.7 Å². The molecule has 7 heteroatoms. The van der Waals surface area contributed by atoms with Crippen molar-refractivity contribution in [2.24, 2.45) is 5.41 Å². The van der Waals surface area contributed by atoms with Crippen LogP contribution in [0.5, 0.6) is 0 Å². The molecule has 1 fully saturated rings. The SMILES string of the molecule is O=[N+]([O-])c1ccc(S(=O)(=O)CC2(CBr)CCCC2)cc1. The molecule has 0 bridgehead atoms. The minimum Gasteiger partial charge on any atom is -0.258 e. The van der Waals surface area contributed by atoms with E-state index < -0.39 is 14.8 Å². The fourth-order valence-corrected chi connectivity index (χ4v) is 5.64. The molecule has 1 aromatic rings. The topological polar surface area (TPSA) is 77.3 Å². The van der Waals surface area contributed by atoms with Crippen LogP contribution in [0.4, 0.5) is 5.69 Å². The minimum absolute atomic E-state index is 0.0972. The number of non-ortho nitro benzene ring substituents is 1. The fraction of sp³-hybridized carbons (Fsp3) is 0.538. The van der Waals surface area contributed by atoms with Crippen molar-refractivity contribution in [3.63, 3.8) is 0 Å². The first-order chi connectivity index (χ1) is 9.38. The number of halogens is 1. The molecule has 2 rings (SSSR count). The lowest BCUT2D eigenvalue weighted by atomic mass is 9.92. The monoisotopic (exact) mass is 361 g/mol. The summed E-state index contributed by atoms with van der Waals surface area (Å²) in [4.78, 5) is 10.2. The minimum atomic E-state index is -3.41. The molecule has 0 heterocycles. The number of nitro benzene ring substituents is 1. The lowest BCUT2D eigenvalue weighted by molar-refractivity contribution is -0.384. The maximum absolute atomic E-state index is 12.4. The van der Waals surface area contributed by atoms with Crippen LogP contribution in [0.3, 0.4) is 0 Å². The highest BCUT2D eigenvalue weighted by atomic mass is 79.9. The largest absolute Gasteiger partial charge is 0.269 e. The van der Waals surface area contributed by atoms with E-state index in [9.17, 15) is 18.5 Å². The predicted octanol–water partition coefficient (Wildman–Crippen LogP) is 3.32. The molecule has 0 spiro atoms. The highest BCUT2D eigenvalue weighted by molar-refractivity contribution is 9.09. The molecule has 0 unspecified atom stereocenters. The molecule has 110 valence electrons. The number of hydrogen-bond acceptors (Lipinski definition) is 4. The average molecular weight is 362 g/mol. The molecule has 5 nitrogen and oxygen atoms in total. The zero-order valence-corrected chi connectivity index (χ0v) is 13.3. The van der Waals surface area contributed by atoms with Gasteiger partial charge >= 0.3 is 0 Å². The number of hydrogen-bond donors (Lipinski definition) is 0. The highest BCUT2D eigenvalue weighted by Crippen LogP contribution is 2.41. The van der Waals surface area contributed by atoms with Gasteiger partial charge in [0.1, 0.15) is 0 Å². The molecule has 1 aliphatic carbocycles. The van der Waals surface area contributed by atoms with E-state index in [0.29, 0.717) is 5.33 Å². The van der Waals surface area contributed by atoms with Gasteiger partial charge in [-0.3, -0.25) is 10.1 Å². The highest BCUT2D eigenvalue weighted by Gasteiger charge is 2.37. The van der Waals surface area contributed by atoms with Gasteiger partial charge in [0, 0.05) is 17.5 Å². The van der Waals surface area contributed by atoms with Crippen molar-refractivity contribution in [2.45, 2.75) is 30.6 Å². The summed E-state index contributed by atoms with van der Waals surface area (Å²) >= 11 is 3.44. The van der Waals surface area contributed by atoms with E-state index in [-0.39, 0.29) is 21.8 Å². The van der Waals surface area contributed by atoms with Gasteiger partial charge < -0.3 is 0 Å². The predicted molar refractivity (Wildman–Crippen MR) is 79.8 cm³/mol. The third-order valence-electron chi connectivity index (χ3n) is 3.85. The van der Waals surface area contributed by atoms with Gasteiger partial charge in [-0.2, -0.15) is 0 Å². The molecular weight excluding hydrogens is 346 g/mol. The molecule has 20 heavy (non-hydrogen) atoms. The first-order valence-corrected chi connectivity index (χ1v) is 9.19. The molecule has 0 aromatic heterocycles. The van der Waals surface area contributed by atoms with Crippen LogP contribution in [0.2, 0.25) is 0 Å². The van der Waals surface area contributed by atoms with Gasteiger partial charge in [-0.1, -0.05) is 28.8 Å². The molecule has 1 aromatic carbocycles. The molecular formula is C13H16BrNO4S. The van der Waals surface area contributed by atoms with Crippen LogP contribution >= 0.6 is 15.9 Å². The van der Waals surface area contributed by atoms with Gasteiger partial charge in [-0.25, -0.2) is 8.42 Å². The van der Waals surface area contributed by atoms with Crippen molar-refractivity contribution in [1.29, 1.82) is 0 Å². The van der Waals surface area contributed by atoms with Crippen molar-refractivity contribution < 1.29 is 13.3 Å². The number of nitrogens with zero attached hydrogens (tertiary/aromatic N) is 1. The van der Waals surface area contributed by atoms with Gasteiger partial charge in [0.15, 0.2) is 9.84 Å². The van der Waals surface area contributed by atoms with Crippen molar-refractivity contribution in [2.75, 3.05) is 11.1 Å². The van der Waals surface area contributed by atoms with E-state index >= 15 is 0 Å². The smallest absolute Gasteiger partial charge is 0.258 e. The van der Waals surface area contributed by atoms with E-state index in [2.05, 4.69) is 15.9 Å². The Balaban J connectivity index is 2.23. The van der Waals surface area contributed by atoms with Crippen LogP contribution in [0.25, 0.3) is 0 Å². The van der Waals surface area contributed by atoms with Gasteiger partial charge in [-0.15, -0.1) is 0 Å². The molecule has 0 saturated heterocycles. The van der Waals surface area contributed by atoms with Gasteiger partial charge in [0.05, 0.1) is 15.6 Å². The molecule has 1 aliphatic rings. The summed E-state index contributed by atoms with van der Waals surface area (Å²) in [6, 6.07) is 5.12. The van der Waals surface area contributed by atoms with Crippen molar-refractivity contribution in [3.05, 3.63) is 34.4 Å². The Morgan fingerprint density at radius 1 is 1.20 bits per heavy atom. The maximum Gasteiger partial charge on any atom is 0.269 e. The maximum atomic E-state index is 12.4. The first-order valence-electron chi connectivity index (χ1n) is 6.42. The number of benzene rings is 1. The second-order valence-corrected chi connectivity index (χ2v) is 7.90. The van der Waals surface area contributed by atoms with Crippen LogP contribution in [-0.4, -0.2) is 24.4 Å². The Morgan fingerprint density at radius 2 is 1.75 bits per heavy atom. The number of nitro groups is 1. The van der Waals surface area contributed by atoms with E-state index in [4.69, 9.17) is 0 Å². The lowest BCUT2D eigenvalue weighted by Gasteiger charge is -2.26. The van der Waals surface area contributed by atoms with Crippen LogP contribution in [0.15, 0.2) is 29.2 Å². The Hall–Kier alpha value is -0.950. The van der Waals surface area contributed by atoms with Crippen molar-refractivity contribution in [1.82, 2.24) is 0 Å². The standard InChI is InChI=1S/C13H16BrNO4S/c14-9-13(7-1-2-8-13)10-20(18,19)12-5-3-11(4-6-12)15(16)17/h3-6H,1-2,7-10H2. The number of rotatable bonds is 5. The first kappa shape index (κ1) is 15.4. The number of sulfone groups is 1. The zero-order valence-electron chi connectivity index (χ0n) is 10.9. The molecule has 1 saturated carbocycles. The number of alkyl halides is 1. The van der Waals surface area contributed by atoms with Crippen molar-refractivity contribution in [3.8, 4) is 0 Å². The third-order valence-corrected chi connectivity index (χ3v) is 7.02. The van der Waals surface area contributed by atoms with Crippen LogP contribution < -0.4 is 0 Å². The van der Waals surface area contributed by atoms with E-state index in [0.717, 1.165) is 25.7 Å². The quantitative estimate of drug-likeness (QED) is 0.457. The molecule has 0 aliphatic heterocycles. The van der Waals surface area contributed by atoms with E-state index in [1.165, 1.54) is 24.3 Å². The summed E-state index contributed by atoms with van der Waals surface area (Å²) in [6.07, 6.45) is 3.93. The molecule has 0 radical (unpaired) electrons. The van der Waals surface area contributed by atoms with Crippen molar-refractivity contribution >= 4 is 31.5 Å². The average Bonchev–Trinajstić information content (AvgIpc) is 2.87. The second kappa shape index (κ2) is 5.81. The van der Waals surface area contributed by atoms with Gasteiger partial charge in [0.2, 0.25) is 0 Å². The normalized spacial score (nSPS) is 18.1. The summed E-state index contributed by atoms with van der Waals surface area (Å²) in [6.45, 7) is 0. The van der Waals surface area contributed by atoms with E-state index in [1.807, 2.05) is 0 Å².